The molecule has 0 spiro atoms. The molecule has 0 saturated carbocycles. The van der Waals surface area contributed by atoms with Crippen molar-refractivity contribution in [3.8, 4) is 0 Å². The maximum absolute atomic E-state index is 5.67. The summed E-state index contributed by atoms with van der Waals surface area (Å²) in [6.07, 6.45) is 2.99. The maximum atomic E-state index is 5.67. The third-order valence-corrected chi connectivity index (χ3v) is 2.73. The molecule has 0 aromatic rings. The molecule has 78 valence electrons. The van der Waals surface area contributed by atoms with Gasteiger partial charge in [-0.25, -0.2) is 0 Å². The van der Waals surface area contributed by atoms with E-state index in [1.54, 1.807) is 0 Å². The Bertz CT molecular complexity index is 149. The molecule has 0 amide bonds. The second-order valence-electron chi connectivity index (χ2n) is 4.84. The molecule has 0 aromatic heterocycles. The predicted octanol–water partition coefficient (Wildman–Crippen LogP) is 2.29. The highest BCUT2D eigenvalue weighted by Gasteiger charge is 2.27. The van der Waals surface area contributed by atoms with Gasteiger partial charge in [0.05, 0.1) is 6.10 Å². The fourth-order valence-electron chi connectivity index (χ4n) is 1.92. The second-order valence-corrected chi connectivity index (χ2v) is 4.84. The molecule has 1 atom stereocenters. The van der Waals surface area contributed by atoms with Crippen molar-refractivity contribution in [2.24, 2.45) is 0 Å². The molecule has 1 unspecified atom stereocenters. The molecule has 13 heavy (non-hydrogen) atoms. The molecule has 1 fully saturated rings. The van der Waals surface area contributed by atoms with Gasteiger partial charge >= 0.3 is 0 Å². The van der Waals surface area contributed by atoms with Gasteiger partial charge in [0.1, 0.15) is 0 Å². The van der Waals surface area contributed by atoms with Crippen molar-refractivity contribution >= 4 is 0 Å². The average Bonchev–Trinajstić information content (AvgIpc) is 2.04. The summed E-state index contributed by atoms with van der Waals surface area (Å²) in [5, 5.41) is 0. The van der Waals surface area contributed by atoms with Crippen molar-refractivity contribution in [3.05, 3.63) is 0 Å². The van der Waals surface area contributed by atoms with Crippen LogP contribution in [-0.4, -0.2) is 36.2 Å². The zero-order valence-corrected chi connectivity index (χ0v) is 9.47. The molecule has 1 aliphatic heterocycles. The van der Waals surface area contributed by atoms with Gasteiger partial charge in [0.2, 0.25) is 0 Å². The average molecular weight is 185 g/mol. The molecule has 1 rings (SSSR count). The normalized spacial score (nSPS) is 26.3. The van der Waals surface area contributed by atoms with Crippen molar-refractivity contribution < 1.29 is 4.74 Å². The number of piperidine rings is 1. The largest absolute Gasteiger partial charge is 0.377 e. The maximum Gasteiger partial charge on any atom is 0.0702 e. The van der Waals surface area contributed by atoms with E-state index in [1.165, 1.54) is 19.4 Å². The Morgan fingerprint density at radius 3 is 2.62 bits per heavy atom. The molecule has 2 heteroatoms. The van der Waals surface area contributed by atoms with Crippen molar-refractivity contribution in [1.29, 1.82) is 0 Å². The minimum absolute atomic E-state index is 0.301. The summed E-state index contributed by atoms with van der Waals surface area (Å²) in [6.45, 7) is 12.1. The Hall–Kier alpha value is -0.0800. The number of nitrogens with zero attached hydrogens (tertiary/aromatic N) is 1. The van der Waals surface area contributed by atoms with Crippen molar-refractivity contribution in [2.75, 3.05) is 19.7 Å². The smallest absolute Gasteiger partial charge is 0.0702 e. The lowest BCUT2D eigenvalue weighted by Crippen LogP contribution is -2.49. The Labute approximate surface area is 82.3 Å². The van der Waals surface area contributed by atoms with E-state index in [2.05, 4.69) is 32.6 Å². The van der Waals surface area contributed by atoms with E-state index < -0.39 is 0 Å². The Kier molecular flexibility index (Phi) is 3.74. The van der Waals surface area contributed by atoms with Crippen LogP contribution in [0, 0.1) is 0 Å². The summed E-state index contributed by atoms with van der Waals surface area (Å²) in [4.78, 5) is 2.52. The van der Waals surface area contributed by atoms with Crippen molar-refractivity contribution in [1.82, 2.24) is 4.90 Å². The van der Waals surface area contributed by atoms with E-state index in [0.717, 1.165) is 13.2 Å². The first-order valence-corrected chi connectivity index (χ1v) is 5.40. The van der Waals surface area contributed by atoms with Gasteiger partial charge in [-0.15, -0.1) is 0 Å². The van der Waals surface area contributed by atoms with Gasteiger partial charge in [-0.2, -0.15) is 0 Å². The molecule has 0 radical (unpaired) electrons. The number of hydrogen-bond donors (Lipinski definition) is 0. The van der Waals surface area contributed by atoms with Crippen LogP contribution in [0.15, 0.2) is 0 Å². The minimum Gasteiger partial charge on any atom is -0.377 e. The fourth-order valence-corrected chi connectivity index (χ4v) is 1.92. The first-order chi connectivity index (χ1) is 6.04. The molecule has 1 heterocycles. The molecule has 2 nitrogen and oxygen atoms in total. The molecule has 0 N–H and O–H groups in total. The summed E-state index contributed by atoms with van der Waals surface area (Å²) < 4.78 is 5.67. The lowest BCUT2D eigenvalue weighted by atomic mass is 9.99. The van der Waals surface area contributed by atoms with Gasteiger partial charge < -0.3 is 4.74 Å². The highest BCUT2D eigenvalue weighted by molar-refractivity contribution is 4.82. The number of likely N-dealkylation sites (tertiary alicyclic amines) is 1. The van der Waals surface area contributed by atoms with Crippen LogP contribution in [0.1, 0.15) is 40.5 Å². The number of rotatable bonds is 2. The van der Waals surface area contributed by atoms with Crippen LogP contribution in [-0.2, 0) is 4.74 Å². The van der Waals surface area contributed by atoms with E-state index in [-0.39, 0.29) is 0 Å². The quantitative estimate of drug-likeness (QED) is 0.654. The van der Waals surface area contributed by atoms with E-state index in [9.17, 15) is 0 Å². The van der Waals surface area contributed by atoms with Crippen LogP contribution in [0.4, 0.5) is 0 Å². The summed E-state index contributed by atoms with van der Waals surface area (Å²) >= 11 is 0. The van der Waals surface area contributed by atoms with E-state index in [0.29, 0.717) is 11.6 Å². The predicted molar refractivity (Wildman–Crippen MR) is 56.0 cm³/mol. The summed E-state index contributed by atoms with van der Waals surface area (Å²) in [6, 6.07) is 0. The van der Waals surface area contributed by atoms with Crippen LogP contribution < -0.4 is 0 Å². The molecule has 0 aromatic carbocycles. The molecular formula is C11H23NO. The third kappa shape index (κ3) is 3.28. The monoisotopic (exact) mass is 185 g/mol. The van der Waals surface area contributed by atoms with E-state index >= 15 is 0 Å². The van der Waals surface area contributed by atoms with Gasteiger partial charge in [0.15, 0.2) is 0 Å². The number of ether oxygens (including phenoxy) is 1. The highest BCUT2D eigenvalue weighted by atomic mass is 16.5. The second kappa shape index (κ2) is 4.43. The van der Waals surface area contributed by atoms with Crippen LogP contribution in [0.25, 0.3) is 0 Å². The topological polar surface area (TPSA) is 12.5 Å². The van der Waals surface area contributed by atoms with Gasteiger partial charge in [-0.05, 0) is 47.1 Å². The molecule has 0 bridgehead atoms. The minimum atomic E-state index is 0.301. The zero-order chi connectivity index (χ0) is 9.90. The van der Waals surface area contributed by atoms with Gasteiger partial charge in [0, 0.05) is 18.7 Å². The van der Waals surface area contributed by atoms with Gasteiger partial charge in [0.25, 0.3) is 0 Å². The van der Waals surface area contributed by atoms with Crippen molar-refractivity contribution in [2.45, 2.75) is 52.2 Å². The summed E-state index contributed by atoms with van der Waals surface area (Å²) in [7, 11) is 0. The Morgan fingerprint density at radius 1 is 1.38 bits per heavy atom. The molecule has 1 aliphatic rings. The van der Waals surface area contributed by atoms with Gasteiger partial charge in [-0.3, -0.25) is 4.90 Å². The first kappa shape index (κ1) is 11.0. The molecule has 0 aliphatic carbocycles. The lowest BCUT2D eigenvalue weighted by molar-refractivity contribution is -0.0214. The van der Waals surface area contributed by atoms with Crippen LogP contribution in [0.2, 0.25) is 0 Å². The SMILES string of the molecule is CCOC1CCCN(C(C)(C)C)C1. The molecule has 1 saturated heterocycles. The number of hydrogen-bond acceptors (Lipinski definition) is 2. The van der Waals surface area contributed by atoms with Crippen LogP contribution in [0.3, 0.4) is 0 Å². The van der Waals surface area contributed by atoms with Crippen LogP contribution in [0.5, 0.6) is 0 Å². The zero-order valence-electron chi connectivity index (χ0n) is 9.47. The molecular weight excluding hydrogens is 162 g/mol. The first-order valence-electron chi connectivity index (χ1n) is 5.40. The fraction of sp³-hybridized carbons (Fsp3) is 1.00. The summed E-state index contributed by atoms with van der Waals surface area (Å²) in [5.41, 5.74) is 0.301. The Morgan fingerprint density at radius 2 is 2.08 bits per heavy atom. The summed E-state index contributed by atoms with van der Waals surface area (Å²) in [5.74, 6) is 0. The highest BCUT2D eigenvalue weighted by Crippen LogP contribution is 2.21. The van der Waals surface area contributed by atoms with Gasteiger partial charge in [-0.1, -0.05) is 0 Å². The van der Waals surface area contributed by atoms with E-state index in [1.807, 2.05) is 0 Å². The lowest BCUT2D eigenvalue weighted by Gasteiger charge is -2.41. The Balaban J connectivity index is 2.42. The van der Waals surface area contributed by atoms with Crippen LogP contribution >= 0.6 is 0 Å². The third-order valence-electron chi connectivity index (χ3n) is 2.73. The van der Waals surface area contributed by atoms with E-state index in [4.69, 9.17) is 4.74 Å². The van der Waals surface area contributed by atoms with Crippen molar-refractivity contribution in [3.63, 3.8) is 0 Å². The standard InChI is InChI=1S/C11H23NO/c1-5-13-10-7-6-8-12(9-10)11(2,3)4/h10H,5-9H2,1-4H3.